The topological polar surface area (TPSA) is 61.5 Å². The summed E-state index contributed by atoms with van der Waals surface area (Å²) < 4.78 is 5.25. The summed E-state index contributed by atoms with van der Waals surface area (Å²) in [5, 5.41) is 8.31. The van der Waals surface area contributed by atoms with Crippen molar-refractivity contribution in [3.05, 3.63) is 64.7 Å². The second kappa shape index (κ2) is 8.79. The number of carbonyl (C=O) groups is 1. The van der Waals surface area contributed by atoms with Crippen LogP contribution in [0.5, 0.6) is 5.75 Å². The summed E-state index contributed by atoms with van der Waals surface area (Å²) in [7, 11) is 1.63. The molecular formula is C23H25ClN4O2. The molecule has 0 bridgehead atoms. The van der Waals surface area contributed by atoms with Gasteiger partial charge in [0.1, 0.15) is 5.75 Å². The Labute approximate surface area is 181 Å². The van der Waals surface area contributed by atoms with Crippen molar-refractivity contribution in [2.45, 2.75) is 13.3 Å². The molecule has 0 saturated carbocycles. The molecule has 0 atom stereocenters. The molecule has 1 N–H and O–H groups in total. The molecule has 6 nitrogen and oxygen atoms in total. The van der Waals surface area contributed by atoms with Crippen LogP contribution < -0.4 is 9.64 Å². The molecule has 156 valence electrons. The number of nitrogens with one attached hydrogen (secondary N) is 1. The van der Waals surface area contributed by atoms with Crippen LogP contribution in [-0.2, 0) is 0 Å². The highest BCUT2D eigenvalue weighted by atomic mass is 35.5. The summed E-state index contributed by atoms with van der Waals surface area (Å²) in [6.07, 6.45) is 0.893. The Kier molecular flexibility index (Phi) is 5.95. The van der Waals surface area contributed by atoms with Crippen molar-refractivity contribution in [3.63, 3.8) is 0 Å². The molecule has 1 fully saturated rings. The first-order valence-electron chi connectivity index (χ1n) is 10.1. The second-order valence-corrected chi connectivity index (χ2v) is 7.90. The summed E-state index contributed by atoms with van der Waals surface area (Å²) in [6, 6.07) is 15.3. The third-order valence-corrected chi connectivity index (χ3v) is 5.74. The van der Waals surface area contributed by atoms with E-state index in [0.29, 0.717) is 11.6 Å². The number of halogens is 1. The van der Waals surface area contributed by atoms with E-state index >= 15 is 0 Å². The van der Waals surface area contributed by atoms with Crippen molar-refractivity contribution in [1.82, 2.24) is 15.1 Å². The number of methoxy groups -OCH3 is 1. The number of H-pyrrole nitrogens is 1. The standard InChI is InChI=1S/C23H25ClN4O2/c1-16-14-19(30-2)8-9-20(16)23(29)28-11-3-10-27(12-13-28)22-15-21(25-26-22)17-4-6-18(24)7-5-17/h4-9,14-15H,3,10-13H2,1-2H3,(H,25,26). The number of ether oxygens (including phenoxy) is 1. The van der Waals surface area contributed by atoms with Crippen LogP contribution in [0.3, 0.4) is 0 Å². The van der Waals surface area contributed by atoms with Gasteiger partial charge in [0, 0.05) is 42.8 Å². The van der Waals surface area contributed by atoms with Crippen LogP contribution in [0.15, 0.2) is 48.5 Å². The van der Waals surface area contributed by atoms with Gasteiger partial charge in [0.15, 0.2) is 5.82 Å². The zero-order valence-electron chi connectivity index (χ0n) is 17.2. The molecule has 1 aromatic heterocycles. The average Bonchev–Trinajstić information content (AvgIpc) is 3.11. The monoisotopic (exact) mass is 424 g/mol. The van der Waals surface area contributed by atoms with E-state index in [1.54, 1.807) is 7.11 Å². The Morgan fingerprint density at radius 3 is 2.60 bits per heavy atom. The Balaban J connectivity index is 1.44. The van der Waals surface area contributed by atoms with Gasteiger partial charge in [-0.15, -0.1) is 0 Å². The van der Waals surface area contributed by atoms with E-state index in [0.717, 1.165) is 60.0 Å². The minimum Gasteiger partial charge on any atom is -0.497 e. The van der Waals surface area contributed by atoms with E-state index in [2.05, 4.69) is 15.1 Å². The molecular weight excluding hydrogens is 400 g/mol. The molecule has 3 aromatic rings. The largest absolute Gasteiger partial charge is 0.497 e. The molecule has 0 unspecified atom stereocenters. The fraction of sp³-hybridized carbons (Fsp3) is 0.304. The minimum atomic E-state index is 0.0703. The van der Waals surface area contributed by atoms with Crippen LogP contribution in [-0.4, -0.2) is 54.3 Å². The predicted octanol–water partition coefficient (Wildman–Crippen LogP) is 4.40. The number of aryl methyl sites for hydroxylation is 1. The number of amides is 1. The smallest absolute Gasteiger partial charge is 0.254 e. The predicted molar refractivity (Wildman–Crippen MR) is 119 cm³/mol. The average molecular weight is 425 g/mol. The SMILES string of the molecule is COc1ccc(C(=O)N2CCCN(c3cc(-c4ccc(Cl)cc4)[nH]n3)CC2)c(C)c1. The highest BCUT2D eigenvalue weighted by Crippen LogP contribution is 2.25. The summed E-state index contributed by atoms with van der Waals surface area (Å²) in [5.74, 6) is 1.73. The molecule has 1 aliphatic heterocycles. The molecule has 7 heteroatoms. The Hall–Kier alpha value is -2.99. The summed E-state index contributed by atoms with van der Waals surface area (Å²) in [6.45, 7) is 4.94. The number of anilines is 1. The van der Waals surface area contributed by atoms with Gasteiger partial charge in [-0.3, -0.25) is 9.89 Å². The van der Waals surface area contributed by atoms with Crippen molar-refractivity contribution in [2.24, 2.45) is 0 Å². The number of nitrogens with zero attached hydrogens (tertiary/aromatic N) is 3. The first-order valence-corrected chi connectivity index (χ1v) is 10.4. The number of benzene rings is 2. The number of hydrogen-bond donors (Lipinski definition) is 1. The molecule has 2 heterocycles. The molecule has 30 heavy (non-hydrogen) atoms. The first-order chi connectivity index (χ1) is 14.5. The Morgan fingerprint density at radius 2 is 1.87 bits per heavy atom. The van der Waals surface area contributed by atoms with Crippen molar-refractivity contribution < 1.29 is 9.53 Å². The number of aromatic amines is 1. The van der Waals surface area contributed by atoms with E-state index in [1.165, 1.54) is 0 Å². The third-order valence-electron chi connectivity index (χ3n) is 5.49. The van der Waals surface area contributed by atoms with Gasteiger partial charge in [-0.05, 0) is 54.8 Å². The van der Waals surface area contributed by atoms with Crippen molar-refractivity contribution in [3.8, 4) is 17.0 Å². The van der Waals surface area contributed by atoms with E-state index < -0.39 is 0 Å². The maximum Gasteiger partial charge on any atom is 0.254 e. The maximum absolute atomic E-state index is 13.1. The van der Waals surface area contributed by atoms with Gasteiger partial charge in [-0.1, -0.05) is 23.7 Å². The molecule has 4 rings (SSSR count). The zero-order chi connectivity index (χ0) is 21.1. The molecule has 1 saturated heterocycles. The lowest BCUT2D eigenvalue weighted by Crippen LogP contribution is -2.35. The number of aromatic nitrogens is 2. The van der Waals surface area contributed by atoms with E-state index in [1.807, 2.05) is 60.4 Å². The second-order valence-electron chi connectivity index (χ2n) is 7.46. The number of hydrogen-bond acceptors (Lipinski definition) is 4. The minimum absolute atomic E-state index is 0.0703. The molecule has 0 radical (unpaired) electrons. The van der Waals surface area contributed by atoms with E-state index in [-0.39, 0.29) is 5.91 Å². The fourth-order valence-electron chi connectivity index (χ4n) is 3.77. The van der Waals surface area contributed by atoms with Gasteiger partial charge in [0.25, 0.3) is 5.91 Å². The normalized spacial score (nSPS) is 14.5. The number of carbonyl (C=O) groups excluding carboxylic acids is 1. The van der Waals surface area contributed by atoms with Crippen LogP contribution >= 0.6 is 11.6 Å². The van der Waals surface area contributed by atoms with Gasteiger partial charge < -0.3 is 14.5 Å². The van der Waals surface area contributed by atoms with E-state index in [4.69, 9.17) is 16.3 Å². The van der Waals surface area contributed by atoms with Crippen LogP contribution in [0, 0.1) is 6.92 Å². The van der Waals surface area contributed by atoms with Gasteiger partial charge in [-0.25, -0.2) is 0 Å². The third kappa shape index (κ3) is 4.28. The van der Waals surface area contributed by atoms with Crippen LogP contribution in [0.25, 0.3) is 11.3 Å². The summed E-state index contributed by atoms with van der Waals surface area (Å²) in [5.41, 5.74) is 3.65. The first kappa shape index (κ1) is 20.3. The van der Waals surface area contributed by atoms with Gasteiger partial charge in [-0.2, -0.15) is 5.10 Å². The lowest BCUT2D eigenvalue weighted by molar-refractivity contribution is 0.0766. The molecule has 0 spiro atoms. The lowest BCUT2D eigenvalue weighted by atomic mass is 10.1. The van der Waals surface area contributed by atoms with Gasteiger partial charge in [0.05, 0.1) is 12.8 Å². The molecule has 1 aliphatic rings. The van der Waals surface area contributed by atoms with Crippen molar-refractivity contribution in [2.75, 3.05) is 38.2 Å². The Morgan fingerprint density at radius 1 is 1.07 bits per heavy atom. The quantitative estimate of drug-likeness (QED) is 0.674. The van der Waals surface area contributed by atoms with Crippen molar-refractivity contribution in [1.29, 1.82) is 0 Å². The number of rotatable bonds is 4. The van der Waals surface area contributed by atoms with Crippen LogP contribution in [0.2, 0.25) is 5.02 Å². The van der Waals surface area contributed by atoms with E-state index in [9.17, 15) is 4.79 Å². The molecule has 2 aromatic carbocycles. The fourth-order valence-corrected chi connectivity index (χ4v) is 3.90. The highest BCUT2D eigenvalue weighted by Gasteiger charge is 2.23. The lowest BCUT2D eigenvalue weighted by Gasteiger charge is -2.22. The van der Waals surface area contributed by atoms with Crippen molar-refractivity contribution >= 4 is 23.3 Å². The highest BCUT2D eigenvalue weighted by molar-refractivity contribution is 6.30. The van der Waals surface area contributed by atoms with Gasteiger partial charge in [0.2, 0.25) is 0 Å². The van der Waals surface area contributed by atoms with Crippen LogP contribution in [0.4, 0.5) is 5.82 Å². The maximum atomic E-state index is 13.1. The van der Waals surface area contributed by atoms with Gasteiger partial charge >= 0.3 is 0 Å². The molecule has 1 amide bonds. The Bertz CT molecular complexity index is 1030. The van der Waals surface area contributed by atoms with Crippen LogP contribution in [0.1, 0.15) is 22.3 Å². The summed E-state index contributed by atoms with van der Waals surface area (Å²) in [4.78, 5) is 17.2. The summed E-state index contributed by atoms with van der Waals surface area (Å²) >= 11 is 5.98. The zero-order valence-corrected chi connectivity index (χ0v) is 17.9. The molecule has 0 aliphatic carbocycles.